The summed E-state index contributed by atoms with van der Waals surface area (Å²) in [7, 11) is 0.436. The van der Waals surface area contributed by atoms with Gasteiger partial charge in [-0.25, -0.2) is 4.79 Å². The van der Waals surface area contributed by atoms with Gasteiger partial charge in [-0.3, -0.25) is 9.36 Å². The average Bonchev–Trinajstić information content (AvgIpc) is 2.84. The molecule has 1 aromatic heterocycles. The van der Waals surface area contributed by atoms with Crippen LogP contribution in [0.4, 0.5) is 0 Å². The van der Waals surface area contributed by atoms with Gasteiger partial charge in [0.1, 0.15) is 18.2 Å². The molecule has 2 atom stereocenters. The van der Waals surface area contributed by atoms with E-state index < -0.39 is 19.6 Å². The zero-order valence-corrected chi connectivity index (χ0v) is 26.1. The van der Waals surface area contributed by atoms with Crippen molar-refractivity contribution in [2.75, 3.05) is 27.7 Å². The van der Waals surface area contributed by atoms with Gasteiger partial charge in [0.05, 0.1) is 21.1 Å². The third kappa shape index (κ3) is 12.8. The summed E-state index contributed by atoms with van der Waals surface area (Å²) < 4.78 is 22.5. The Morgan fingerprint density at radius 1 is 0.950 bits per heavy atom. The molecule has 0 fully saturated rings. The molecule has 9 heteroatoms. The van der Waals surface area contributed by atoms with Crippen LogP contribution >= 0.6 is 7.82 Å². The number of aryl methyl sites for hydroxylation is 1. The largest absolute Gasteiger partial charge is 0.756 e. The molecule has 226 valence electrons. The Labute approximate surface area is 239 Å². The second kappa shape index (κ2) is 16.6. The number of phosphoric ester groups is 1. The summed E-state index contributed by atoms with van der Waals surface area (Å²) >= 11 is 0. The highest BCUT2D eigenvalue weighted by molar-refractivity contribution is 7.44. The summed E-state index contributed by atoms with van der Waals surface area (Å²) in [5.74, 6) is -0.126. The van der Waals surface area contributed by atoms with E-state index in [0.717, 1.165) is 25.7 Å². The molecule has 0 aliphatic rings. The standard InChI is InChI=1S/C31H50NO7P/c1-6-7-8-9-10-11-12-13-14-15-16-17-18-19-28(33)26-21-25-24(2)20-31(34)38-29(25)22-27(26)30(23-32(3,4)5)39-40(35,36)37/h20-22,30H,6-19,23H2,1-5H3,(H-,35,36,37). The highest BCUT2D eigenvalue weighted by Gasteiger charge is 2.29. The number of Topliss-reactive ketones (excluding diaryl/α,β-unsaturated/α-hetero) is 1. The molecule has 0 bridgehead atoms. The minimum atomic E-state index is -5.12. The summed E-state index contributed by atoms with van der Waals surface area (Å²) in [5.41, 5.74) is 0.983. The fraction of sp³-hybridized carbons (Fsp3) is 0.677. The van der Waals surface area contributed by atoms with Crippen molar-refractivity contribution in [2.24, 2.45) is 0 Å². The van der Waals surface area contributed by atoms with Crippen LogP contribution in [0.25, 0.3) is 11.0 Å². The number of nitrogens with zero attached hydrogens (tertiary/aromatic N) is 1. The van der Waals surface area contributed by atoms with Crippen molar-refractivity contribution in [3.63, 3.8) is 0 Å². The van der Waals surface area contributed by atoms with Gasteiger partial charge in [0.2, 0.25) is 0 Å². The van der Waals surface area contributed by atoms with Crippen molar-refractivity contribution < 1.29 is 32.6 Å². The van der Waals surface area contributed by atoms with E-state index in [4.69, 9.17) is 8.94 Å². The lowest BCUT2D eigenvalue weighted by molar-refractivity contribution is -0.874. The predicted molar refractivity (Wildman–Crippen MR) is 158 cm³/mol. The molecule has 0 spiro atoms. The van der Waals surface area contributed by atoms with Gasteiger partial charge in [0, 0.05) is 29.0 Å². The van der Waals surface area contributed by atoms with Gasteiger partial charge < -0.3 is 23.2 Å². The van der Waals surface area contributed by atoms with Crippen molar-refractivity contribution in [3.8, 4) is 0 Å². The number of carbonyl (C=O) groups is 1. The highest BCUT2D eigenvalue weighted by Crippen LogP contribution is 2.41. The molecule has 2 aromatic rings. The van der Waals surface area contributed by atoms with E-state index in [1.807, 2.05) is 21.1 Å². The van der Waals surface area contributed by atoms with Gasteiger partial charge in [-0.15, -0.1) is 0 Å². The van der Waals surface area contributed by atoms with Gasteiger partial charge in [-0.1, -0.05) is 84.0 Å². The quantitative estimate of drug-likeness (QED) is 0.0591. The fourth-order valence-electron chi connectivity index (χ4n) is 5.17. The molecule has 0 aliphatic heterocycles. The zero-order chi connectivity index (χ0) is 29.8. The van der Waals surface area contributed by atoms with Crippen LogP contribution in [0.2, 0.25) is 0 Å². The van der Waals surface area contributed by atoms with E-state index in [2.05, 4.69) is 6.92 Å². The van der Waals surface area contributed by atoms with E-state index in [1.165, 1.54) is 69.9 Å². The number of hydrogen-bond donors (Lipinski definition) is 1. The number of unbranched alkanes of at least 4 members (excludes halogenated alkanes) is 12. The molecular weight excluding hydrogens is 529 g/mol. The minimum absolute atomic E-state index is 0.126. The van der Waals surface area contributed by atoms with Crippen LogP contribution in [-0.4, -0.2) is 42.8 Å². The maximum Gasteiger partial charge on any atom is 0.336 e. The Morgan fingerprint density at radius 2 is 1.48 bits per heavy atom. The van der Waals surface area contributed by atoms with Crippen LogP contribution in [0.3, 0.4) is 0 Å². The van der Waals surface area contributed by atoms with Crippen molar-refractivity contribution in [2.45, 2.75) is 110 Å². The Kier molecular flexibility index (Phi) is 14.2. The molecule has 2 rings (SSSR count). The highest BCUT2D eigenvalue weighted by atomic mass is 31.2. The van der Waals surface area contributed by atoms with Crippen LogP contribution in [0.15, 0.2) is 27.4 Å². The molecule has 0 radical (unpaired) electrons. The molecule has 40 heavy (non-hydrogen) atoms. The SMILES string of the molecule is CCCCCCCCCCCCCCCC(=O)c1cc2c(C)cc(=O)oc2cc1C(C[N+](C)(C)C)OP(=O)([O-])O. The molecule has 0 aliphatic carbocycles. The van der Waals surface area contributed by atoms with Crippen molar-refractivity contribution in [1.82, 2.24) is 0 Å². The minimum Gasteiger partial charge on any atom is -0.756 e. The van der Waals surface area contributed by atoms with E-state index in [9.17, 15) is 23.9 Å². The molecule has 1 N–H and O–H groups in total. The number of quaternary nitrogens is 1. The summed E-state index contributed by atoms with van der Waals surface area (Å²) in [4.78, 5) is 46.8. The van der Waals surface area contributed by atoms with E-state index >= 15 is 0 Å². The zero-order valence-electron chi connectivity index (χ0n) is 25.2. The first-order valence-corrected chi connectivity index (χ1v) is 16.4. The Hall–Kier alpha value is -1.83. The topological polar surface area (TPSA) is 117 Å². The Morgan fingerprint density at radius 3 is 1.98 bits per heavy atom. The number of phosphoric acid groups is 1. The molecule has 0 amide bonds. The Bertz CT molecular complexity index is 1180. The summed E-state index contributed by atoms with van der Waals surface area (Å²) in [6.45, 7) is 4.16. The van der Waals surface area contributed by atoms with Gasteiger partial charge in [-0.05, 0) is 31.0 Å². The molecule has 2 unspecified atom stereocenters. The van der Waals surface area contributed by atoms with Gasteiger partial charge in [-0.2, -0.15) is 0 Å². The van der Waals surface area contributed by atoms with Crippen LogP contribution in [0, 0.1) is 6.92 Å². The van der Waals surface area contributed by atoms with Crippen LogP contribution in [0.5, 0.6) is 0 Å². The van der Waals surface area contributed by atoms with Crippen molar-refractivity contribution in [3.05, 3.63) is 45.3 Å². The van der Waals surface area contributed by atoms with Crippen LogP contribution in [0.1, 0.15) is 124 Å². The lowest BCUT2D eigenvalue weighted by Crippen LogP contribution is -2.39. The Balaban J connectivity index is 2.05. The first-order valence-electron chi connectivity index (χ1n) is 14.9. The molecule has 0 saturated carbocycles. The van der Waals surface area contributed by atoms with Crippen LogP contribution in [-0.2, 0) is 9.09 Å². The average molecular weight is 580 g/mol. The molecule has 8 nitrogen and oxygen atoms in total. The van der Waals surface area contributed by atoms with Gasteiger partial charge in [0.25, 0.3) is 7.82 Å². The van der Waals surface area contributed by atoms with Gasteiger partial charge in [0.15, 0.2) is 5.78 Å². The third-order valence-corrected chi connectivity index (χ3v) is 7.77. The smallest absolute Gasteiger partial charge is 0.336 e. The predicted octanol–water partition coefficient (Wildman–Crippen LogP) is 6.99. The van der Waals surface area contributed by atoms with E-state index in [1.54, 1.807) is 13.0 Å². The second-order valence-corrected chi connectivity index (χ2v) is 13.3. The molecular formula is C31H50NO7P. The molecule has 1 aromatic carbocycles. The molecule has 0 saturated heterocycles. The van der Waals surface area contributed by atoms with Crippen LogP contribution < -0.4 is 10.5 Å². The number of ketones is 1. The molecule has 1 heterocycles. The number of likely N-dealkylation sites (N-methyl/N-ethyl adjacent to an activating group) is 1. The summed E-state index contributed by atoms with van der Waals surface area (Å²) in [6, 6.07) is 4.53. The first-order chi connectivity index (χ1) is 18.8. The van der Waals surface area contributed by atoms with E-state index in [0.29, 0.717) is 33.0 Å². The normalized spacial score (nSPS) is 14.4. The van der Waals surface area contributed by atoms with E-state index in [-0.39, 0.29) is 17.9 Å². The monoisotopic (exact) mass is 579 g/mol. The lowest BCUT2D eigenvalue weighted by atomic mass is 9.93. The number of hydrogen-bond acceptors (Lipinski definition) is 6. The maximum absolute atomic E-state index is 13.5. The summed E-state index contributed by atoms with van der Waals surface area (Å²) in [6.07, 6.45) is 14.9. The number of fused-ring (bicyclic) bond motifs is 1. The number of benzene rings is 1. The van der Waals surface area contributed by atoms with Crippen molar-refractivity contribution >= 4 is 24.6 Å². The fourth-order valence-corrected chi connectivity index (χ4v) is 5.67. The first kappa shape index (κ1) is 34.4. The second-order valence-electron chi connectivity index (χ2n) is 12.1. The lowest BCUT2D eigenvalue weighted by Gasteiger charge is -2.32. The third-order valence-electron chi connectivity index (χ3n) is 7.25. The maximum atomic E-state index is 13.5. The van der Waals surface area contributed by atoms with Crippen molar-refractivity contribution in [1.29, 1.82) is 0 Å². The number of carbonyl (C=O) groups excluding carboxylic acids is 1. The number of rotatable bonds is 20. The summed E-state index contributed by atoms with van der Waals surface area (Å²) in [5, 5.41) is 0.607. The van der Waals surface area contributed by atoms with Gasteiger partial charge >= 0.3 is 5.63 Å².